The van der Waals surface area contributed by atoms with Gasteiger partial charge >= 0.3 is 5.97 Å². The number of esters is 1. The van der Waals surface area contributed by atoms with Crippen molar-refractivity contribution < 1.29 is 19.1 Å². The molecule has 0 unspecified atom stereocenters. The van der Waals surface area contributed by atoms with Crippen molar-refractivity contribution in [3.05, 3.63) is 50.6 Å². The number of fused-ring (bicyclic) bond motifs is 2. The minimum atomic E-state index is -0.419. The van der Waals surface area contributed by atoms with Crippen LogP contribution in [-0.4, -0.2) is 90.0 Å². The zero-order valence-electron chi connectivity index (χ0n) is 21.5. The first-order valence-electron chi connectivity index (χ1n) is 12.2. The molecule has 1 saturated heterocycles. The number of hydrogen-bond acceptors (Lipinski definition) is 8. The third-order valence-electron chi connectivity index (χ3n) is 6.85. The Hall–Kier alpha value is -2.41. The highest BCUT2D eigenvalue weighted by Gasteiger charge is 2.34. The number of aromatic amines is 1. The van der Waals surface area contributed by atoms with Crippen LogP contribution in [-0.2, 0) is 22.5 Å². The third kappa shape index (κ3) is 7.22. The largest absolute Gasteiger partial charge is 0.468 e. The van der Waals surface area contributed by atoms with E-state index in [4.69, 9.17) is 16.3 Å². The van der Waals surface area contributed by atoms with Gasteiger partial charge in [-0.25, -0.2) is 4.98 Å². The van der Waals surface area contributed by atoms with Crippen LogP contribution < -0.4 is 10.6 Å². The first-order valence-corrected chi connectivity index (χ1v) is 13.3. The number of likely N-dealkylation sites (N-methyl/N-ethyl adjacent to an activating group) is 1. The van der Waals surface area contributed by atoms with E-state index in [0.717, 1.165) is 41.0 Å². The van der Waals surface area contributed by atoms with Crippen LogP contribution in [0.15, 0.2) is 24.3 Å². The van der Waals surface area contributed by atoms with Crippen LogP contribution in [0.4, 0.5) is 0 Å². The Balaban J connectivity index is 0.00000210. The fraction of sp³-hybridized carbons (Fsp3) is 0.440. The molecule has 2 aliphatic heterocycles. The number of methoxy groups -OCH3 is 1. The Bertz CT molecular complexity index is 1350. The molecule has 212 valence electrons. The number of halogens is 3. The first-order chi connectivity index (χ1) is 17.8. The quantitative estimate of drug-likeness (QED) is 0.364. The van der Waals surface area contributed by atoms with Gasteiger partial charge in [-0.05, 0) is 37.7 Å². The van der Waals surface area contributed by atoms with E-state index in [2.05, 4.69) is 32.5 Å². The molecule has 2 aromatic heterocycles. The Morgan fingerprint density at radius 3 is 2.69 bits per heavy atom. The zero-order chi connectivity index (χ0) is 26.1. The van der Waals surface area contributed by atoms with Gasteiger partial charge in [0.15, 0.2) is 5.01 Å². The fourth-order valence-corrected chi connectivity index (χ4v) is 6.12. The van der Waals surface area contributed by atoms with Crippen LogP contribution in [0.25, 0.3) is 10.9 Å². The molecule has 14 heteroatoms. The number of thiazole rings is 1. The van der Waals surface area contributed by atoms with E-state index >= 15 is 0 Å². The molecule has 1 fully saturated rings. The number of carbonyl (C=O) groups excluding carboxylic acids is 3. The first kappa shape index (κ1) is 31.1. The van der Waals surface area contributed by atoms with E-state index in [9.17, 15) is 14.4 Å². The standard InChI is InChI=1S/C25H29ClN6O4S.2ClH/c1-31-7-5-18-21(12-31)37-25(30-18)24(35)29-20-11-32(13-22(33)36-2)8-6-17(20)28-23(34)19-10-14-9-15(26)3-4-16(14)27-19;;/h3-4,9-10,17,20,27H,5-8,11-13H2,1-2H3,(H,28,34)(H,29,35);2*1H/t17-,20+;;/m0../s1. The van der Waals surface area contributed by atoms with Crippen LogP contribution >= 0.6 is 47.8 Å². The Labute approximate surface area is 247 Å². The summed E-state index contributed by atoms with van der Waals surface area (Å²) in [6.07, 6.45) is 1.37. The van der Waals surface area contributed by atoms with Crippen molar-refractivity contribution in [2.75, 3.05) is 40.3 Å². The van der Waals surface area contributed by atoms with Crippen molar-refractivity contribution in [1.29, 1.82) is 0 Å². The van der Waals surface area contributed by atoms with Crippen molar-refractivity contribution >= 4 is 76.4 Å². The number of likely N-dealkylation sites (tertiary alicyclic amines) is 1. The molecular formula is C25H31Cl3N6O4S. The molecule has 10 nitrogen and oxygen atoms in total. The summed E-state index contributed by atoms with van der Waals surface area (Å²) in [7, 11) is 3.40. The van der Waals surface area contributed by atoms with Crippen LogP contribution in [0.1, 0.15) is 37.3 Å². The summed E-state index contributed by atoms with van der Waals surface area (Å²) >= 11 is 7.49. The lowest BCUT2D eigenvalue weighted by molar-refractivity contribution is -0.142. The number of hydrogen-bond donors (Lipinski definition) is 3. The van der Waals surface area contributed by atoms with Gasteiger partial charge < -0.3 is 25.3 Å². The molecule has 0 bridgehead atoms. The summed E-state index contributed by atoms with van der Waals surface area (Å²) < 4.78 is 4.82. The third-order valence-corrected chi connectivity index (χ3v) is 8.17. The molecule has 0 radical (unpaired) electrons. The van der Waals surface area contributed by atoms with Gasteiger partial charge in [0.1, 0.15) is 5.69 Å². The molecule has 0 aliphatic carbocycles. The number of nitrogens with zero attached hydrogens (tertiary/aromatic N) is 3. The van der Waals surface area contributed by atoms with E-state index in [1.807, 2.05) is 11.0 Å². The fourth-order valence-electron chi connectivity index (χ4n) is 4.85. The number of piperidine rings is 1. The lowest BCUT2D eigenvalue weighted by Crippen LogP contribution is -2.61. The van der Waals surface area contributed by atoms with Crippen molar-refractivity contribution in [3.63, 3.8) is 0 Å². The Morgan fingerprint density at radius 2 is 1.92 bits per heavy atom. The number of carbonyl (C=O) groups is 3. The predicted octanol–water partition coefficient (Wildman–Crippen LogP) is 2.89. The summed E-state index contributed by atoms with van der Waals surface area (Å²) in [5.41, 5.74) is 2.20. The summed E-state index contributed by atoms with van der Waals surface area (Å²) in [5, 5.41) is 8.01. The van der Waals surface area contributed by atoms with Crippen LogP contribution in [0.2, 0.25) is 5.02 Å². The highest BCUT2D eigenvalue weighted by atomic mass is 35.5. The zero-order valence-corrected chi connectivity index (χ0v) is 24.7. The molecule has 4 heterocycles. The number of benzene rings is 1. The van der Waals surface area contributed by atoms with Crippen molar-refractivity contribution in [1.82, 2.24) is 30.4 Å². The topological polar surface area (TPSA) is 120 Å². The van der Waals surface area contributed by atoms with Gasteiger partial charge in [0.05, 0.1) is 31.4 Å². The van der Waals surface area contributed by atoms with Gasteiger partial charge in [-0.15, -0.1) is 36.2 Å². The van der Waals surface area contributed by atoms with Crippen molar-refractivity contribution in [3.8, 4) is 0 Å². The molecular weight excluding hydrogens is 587 g/mol. The second kappa shape index (κ2) is 13.3. The molecule has 2 amide bonds. The average molecular weight is 618 g/mol. The monoisotopic (exact) mass is 616 g/mol. The Morgan fingerprint density at radius 1 is 1.15 bits per heavy atom. The maximum absolute atomic E-state index is 13.2. The summed E-state index contributed by atoms with van der Waals surface area (Å²) in [4.78, 5) is 51.2. The van der Waals surface area contributed by atoms with Gasteiger partial charge in [-0.1, -0.05) is 11.6 Å². The number of ether oxygens (including phenoxy) is 1. The smallest absolute Gasteiger partial charge is 0.319 e. The SMILES string of the molecule is COC(=O)CN1CC[C@H](NC(=O)c2cc3cc(Cl)ccc3[nH]2)[C@H](NC(=O)c2nc3c(s2)CN(C)CC3)C1.Cl.Cl. The van der Waals surface area contributed by atoms with Crippen LogP contribution in [0.5, 0.6) is 0 Å². The number of aromatic nitrogens is 2. The molecule has 3 aromatic rings. The minimum absolute atomic E-state index is 0. The maximum atomic E-state index is 13.2. The molecule has 3 N–H and O–H groups in total. The highest BCUT2D eigenvalue weighted by Crippen LogP contribution is 2.25. The molecule has 39 heavy (non-hydrogen) atoms. The van der Waals surface area contributed by atoms with Crippen molar-refractivity contribution in [2.24, 2.45) is 0 Å². The van der Waals surface area contributed by atoms with Gasteiger partial charge in [0.2, 0.25) is 0 Å². The Kier molecular flexibility index (Phi) is 10.6. The van der Waals surface area contributed by atoms with E-state index in [0.29, 0.717) is 35.2 Å². The predicted molar refractivity (Wildman–Crippen MR) is 156 cm³/mol. The van der Waals surface area contributed by atoms with E-state index in [1.165, 1.54) is 18.4 Å². The molecule has 0 saturated carbocycles. The van der Waals surface area contributed by atoms with E-state index in [1.54, 1.807) is 18.2 Å². The number of nitrogens with one attached hydrogen (secondary N) is 3. The number of amides is 2. The normalized spacial score (nSPS) is 19.4. The lowest BCUT2D eigenvalue weighted by Gasteiger charge is -2.38. The van der Waals surface area contributed by atoms with E-state index < -0.39 is 6.04 Å². The number of H-pyrrole nitrogens is 1. The van der Waals surface area contributed by atoms with Gasteiger partial charge in [-0.3, -0.25) is 19.3 Å². The number of rotatable bonds is 6. The second-order valence-corrected chi connectivity index (χ2v) is 11.1. The summed E-state index contributed by atoms with van der Waals surface area (Å²) in [6.45, 7) is 2.78. The highest BCUT2D eigenvalue weighted by molar-refractivity contribution is 7.13. The van der Waals surface area contributed by atoms with Crippen LogP contribution in [0.3, 0.4) is 0 Å². The maximum Gasteiger partial charge on any atom is 0.319 e. The van der Waals surface area contributed by atoms with Gasteiger partial charge in [-0.2, -0.15) is 0 Å². The van der Waals surface area contributed by atoms with Crippen LogP contribution in [0, 0.1) is 0 Å². The molecule has 0 spiro atoms. The van der Waals surface area contributed by atoms with Gasteiger partial charge in [0.25, 0.3) is 11.8 Å². The summed E-state index contributed by atoms with van der Waals surface area (Å²) in [5.74, 6) is -0.891. The second-order valence-electron chi connectivity index (χ2n) is 9.55. The van der Waals surface area contributed by atoms with Gasteiger partial charge in [0, 0.05) is 53.4 Å². The molecule has 5 rings (SSSR count). The molecule has 1 aromatic carbocycles. The minimum Gasteiger partial charge on any atom is -0.468 e. The average Bonchev–Trinajstić information content (AvgIpc) is 3.49. The molecule has 2 atom stereocenters. The molecule has 2 aliphatic rings. The lowest BCUT2D eigenvalue weighted by atomic mass is 9.98. The summed E-state index contributed by atoms with van der Waals surface area (Å²) in [6, 6.07) is 6.39. The van der Waals surface area contributed by atoms with Crippen molar-refractivity contribution in [2.45, 2.75) is 31.5 Å². The van der Waals surface area contributed by atoms with E-state index in [-0.39, 0.29) is 55.2 Å².